The molecule has 1 N–H and O–H groups in total. The van der Waals surface area contributed by atoms with Crippen molar-refractivity contribution in [3.63, 3.8) is 0 Å². The van der Waals surface area contributed by atoms with E-state index in [4.69, 9.17) is 4.74 Å². The highest BCUT2D eigenvalue weighted by Crippen LogP contribution is 2.79. The smallest absolute Gasteiger partial charge is 0.111 e. The van der Waals surface area contributed by atoms with Crippen LogP contribution in [0.3, 0.4) is 0 Å². The van der Waals surface area contributed by atoms with E-state index in [9.17, 15) is 5.11 Å². The number of hydrogen-bond donors (Lipinski definition) is 1. The summed E-state index contributed by atoms with van der Waals surface area (Å²) in [5.74, 6) is 4.58. The highest BCUT2D eigenvalue weighted by molar-refractivity contribution is 5.25. The van der Waals surface area contributed by atoms with Crippen LogP contribution in [-0.4, -0.2) is 23.4 Å². The predicted molar refractivity (Wildman–Crippen MR) is 141 cm³/mol. The Morgan fingerprint density at radius 3 is 2.29 bits per heavy atom. The second kappa shape index (κ2) is 7.72. The summed E-state index contributed by atoms with van der Waals surface area (Å²) in [5.41, 5.74) is 1.68. The van der Waals surface area contributed by atoms with Crippen LogP contribution in [0.5, 0.6) is 0 Å². The van der Waals surface area contributed by atoms with Crippen molar-refractivity contribution in [2.45, 2.75) is 139 Å². The van der Waals surface area contributed by atoms with Crippen molar-refractivity contribution in [1.82, 2.24) is 0 Å². The van der Waals surface area contributed by atoms with E-state index in [1.54, 1.807) is 0 Å². The number of rotatable bonds is 4. The molecule has 1 saturated heterocycles. The Morgan fingerprint density at radius 1 is 0.971 bits per heavy atom. The minimum atomic E-state index is -0.263. The lowest BCUT2D eigenvalue weighted by Crippen LogP contribution is -2.70. The van der Waals surface area contributed by atoms with Crippen LogP contribution in [0, 0.1) is 62.6 Å². The first-order valence-corrected chi connectivity index (χ1v) is 15.0. The standard InChI is InChI=1S/C32H56O2/c1-19(12-11-16-28(4,5)6)22-13-14-24-29(22,7)17-15-25-31(24,9)21(3)20(2)30(8)18-23(33)26-27(34-26)32(25,30)10/h19-27,33H,11-18H2,1-10H3/t19-,20?,21?,22-,23-,24?,25?,26+,27+,29-,30-,31-,32+/m1/s1. The maximum Gasteiger partial charge on any atom is 0.111 e. The minimum absolute atomic E-state index is 0.107. The topological polar surface area (TPSA) is 32.8 Å². The summed E-state index contributed by atoms with van der Waals surface area (Å²) >= 11 is 0. The fourth-order valence-corrected chi connectivity index (χ4v) is 11.7. The predicted octanol–water partition coefficient (Wildman–Crippen LogP) is 8.12. The molecule has 0 bridgehead atoms. The average molecular weight is 473 g/mol. The van der Waals surface area contributed by atoms with Gasteiger partial charge in [0.2, 0.25) is 0 Å². The van der Waals surface area contributed by atoms with Crippen molar-refractivity contribution < 1.29 is 9.84 Å². The summed E-state index contributed by atoms with van der Waals surface area (Å²) in [6.45, 7) is 25.5. The Labute approximate surface area is 211 Å². The first kappa shape index (κ1) is 25.6. The molecule has 0 aromatic heterocycles. The second-order valence-corrected chi connectivity index (χ2v) is 16.2. The lowest BCUT2D eigenvalue weighted by molar-refractivity contribution is -0.253. The van der Waals surface area contributed by atoms with E-state index in [2.05, 4.69) is 69.2 Å². The molecule has 4 unspecified atom stereocenters. The summed E-state index contributed by atoms with van der Waals surface area (Å²) in [6, 6.07) is 0. The summed E-state index contributed by atoms with van der Waals surface area (Å²) in [4.78, 5) is 0. The van der Waals surface area contributed by atoms with Gasteiger partial charge >= 0.3 is 0 Å². The lowest BCUT2D eigenvalue weighted by Gasteiger charge is -2.72. The Hall–Kier alpha value is -0.0800. The fourth-order valence-electron chi connectivity index (χ4n) is 11.7. The zero-order valence-electron chi connectivity index (χ0n) is 24.2. The van der Waals surface area contributed by atoms with Gasteiger partial charge in [-0.3, -0.25) is 0 Å². The van der Waals surface area contributed by atoms with Crippen LogP contribution in [0.2, 0.25) is 0 Å². The molecule has 5 fully saturated rings. The Balaban J connectivity index is 1.44. The van der Waals surface area contributed by atoms with Crippen LogP contribution < -0.4 is 0 Å². The summed E-state index contributed by atoms with van der Waals surface area (Å²) in [5, 5.41) is 10.9. The first-order valence-electron chi connectivity index (χ1n) is 15.0. The second-order valence-electron chi connectivity index (χ2n) is 16.2. The van der Waals surface area contributed by atoms with E-state index in [1.807, 2.05) is 0 Å². The van der Waals surface area contributed by atoms with Crippen molar-refractivity contribution in [2.24, 2.45) is 62.6 Å². The minimum Gasteiger partial charge on any atom is -0.390 e. The van der Waals surface area contributed by atoms with Gasteiger partial charge in [0.25, 0.3) is 0 Å². The van der Waals surface area contributed by atoms with E-state index >= 15 is 0 Å². The molecule has 2 heteroatoms. The summed E-state index contributed by atoms with van der Waals surface area (Å²) < 4.78 is 6.32. The maximum atomic E-state index is 10.9. The Bertz CT molecular complexity index is 799. The highest BCUT2D eigenvalue weighted by atomic mass is 16.6. The lowest BCUT2D eigenvalue weighted by atomic mass is 9.31. The molecule has 0 spiro atoms. The van der Waals surface area contributed by atoms with Crippen molar-refractivity contribution in [1.29, 1.82) is 0 Å². The monoisotopic (exact) mass is 472 g/mol. The molecule has 5 rings (SSSR count). The van der Waals surface area contributed by atoms with Crippen LogP contribution in [0.1, 0.15) is 121 Å². The fraction of sp³-hybridized carbons (Fsp3) is 1.00. The van der Waals surface area contributed by atoms with Crippen molar-refractivity contribution >= 4 is 0 Å². The van der Waals surface area contributed by atoms with Gasteiger partial charge in [-0.2, -0.15) is 0 Å². The van der Waals surface area contributed by atoms with Crippen molar-refractivity contribution in [3.8, 4) is 0 Å². The highest BCUT2D eigenvalue weighted by Gasteiger charge is 2.78. The molecular formula is C32H56O2. The maximum absolute atomic E-state index is 10.9. The normalized spacial score (nSPS) is 57.3. The van der Waals surface area contributed by atoms with Crippen LogP contribution in [0.4, 0.5) is 0 Å². The zero-order chi connectivity index (χ0) is 25.1. The molecule has 0 radical (unpaired) electrons. The average Bonchev–Trinajstić information content (AvgIpc) is 3.46. The molecular weight excluding hydrogens is 416 g/mol. The van der Waals surface area contributed by atoms with Gasteiger partial charge in [0.05, 0.1) is 12.2 Å². The molecule has 1 heterocycles. The molecule has 2 nitrogen and oxygen atoms in total. The molecule has 0 amide bonds. The third-order valence-electron chi connectivity index (χ3n) is 14.0. The molecule has 4 aliphatic carbocycles. The van der Waals surface area contributed by atoms with E-state index in [0.29, 0.717) is 34.0 Å². The number of hydrogen-bond acceptors (Lipinski definition) is 2. The number of aliphatic hydroxyl groups excluding tert-OH is 1. The van der Waals surface area contributed by atoms with Crippen LogP contribution in [-0.2, 0) is 4.74 Å². The van der Waals surface area contributed by atoms with Gasteiger partial charge in [-0.1, -0.05) is 82.1 Å². The molecule has 13 atom stereocenters. The van der Waals surface area contributed by atoms with Gasteiger partial charge in [0.1, 0.15) is 6.10 Å². The molecule has 0 aromatic rings. The molecule has 1 aliphatic heterocycles. The van der Waals surface area contributed by atoms with Gasteiger partial charge in [0, 0.05) is 5.41 Å². The third-order valence-corrected chi connectivity index (χ3v) is 14.0. The quantitative estimate of drug-likeness (QED) is 0.419. The number of ether oxygens (including phenoxy) is 1. The molecule has 4 saturated carbocycles. The summed E-state index contributed by atoms with van der Waals surface area (Å²) in [7, 11) is 0. The van der Waals surface area contributed by atoms with E-state index in [1.165, 1.54) is 44.9 Å². The summed E-state index contributed by atoms with van der Waals surface area (Å²) in [6.07, 6.45) is 10.8. The number of epoxide rings is 1. The van der Waals surface area contributed by atoms with Gasteiger partial charge in [-0.15, -0.1) is 0 Å². The van der Waals surface area contributed by atoms with Crippen molar-refractivity contribution in [2.75, 3.05) is 0 Å². The Morgan fingerprint density at radius 2 is 1.65 bits per heavy atom. The van der Waals surface area contributed by atoms with Gasteiger partial charge in [-0.05, 0) is 95.7 Å². The molecule has 34 heavy (non-hydrogen) atoms. The van der Waals surface area contributed by atoms with E-state index in [-0.39, 0.29) is 29.1 Å². The first-order chi connectivity index (χ1) is 15.6. The van der Waals surface area contributed by atoms with E-state index < -0.39 is 0 Å². The molecule has 5 aliphatic rings. The number of aliphatic hydroxyl groups is 1. The largest absolute Gasteiger partial charge is 0.390 e. The molecule has 0 aromatic carbocycles. The van der Waals surface area contributed by atoms with Crippen LogP contribution >= 0.6 is 0 Å². The van der Waals surface area contributed by atoms with E-state index in [0.717, 1.165) is 24.2 Å². The van der Waals surface area contributed by atoms with Gasteiger partial charge in [0.15, 0.2) is 0 Å². The Kier molecular flexibility index (Phi) is 5.80. The van der Waals surface area contributed by atoms with Crippen LogP contribution in [0.15, 0.2) is 0 Å². The molecule has 196 valence electrons. The van der Waals surface area contributed by atoms with Gasteiger partial charge < -0.3 is 9.84 Å². The van der Waals surface area contributed by atoms with Crippen molar-refractivity contribution in [3.05, 3.63) is 0 Å². The van der Waals surface area contributed by atoms with Crippen LogP contribution in [0.25, 0.3) is 0 Å². The SMILES string of the molecule is CC1C(C)[C@@]2(C)C[C@@H](O)[C@@H]3O[C@@H]3[C@]2(C)C2CC[C@@]3(C)C(CC[C@@H]3[C@H](C)CCCC(C)(C)C)[C@@]12C. The number of fused-ring (bicyclic) bond motifs is 7. The zero-order valence-corrected chi connectivity index (χ0v) is 24.2. The third kappa shape index (κ3) is 3.18. The van der Waals surface area contributed by atoms with Gasteiger partial charge in [-0.25, -0.2) is 0 Å².